The lowest BCUT2D eigenvalue weighted by Crippen LogP contribution is -1.96. The molecule has 0 radical (unpaired) electrons. The molecule has 0 amide bonds. The minimum atomic E-state index is -0.0151. The minimum Gasteiger partial charge on any atom is -0.504 e. The van der Waals surface area contributed by atoms with Gasteiger partial charge in [0.2, 0.25) is 0 Å². The molecule has 0 aromatic heterocycles. The van der Waals surface area contributed by atoms with Gasteiger partial charge in [0.05, 0.1) is 0 Å². The summed E-state index contributed by atoms with van der Waals surface area (Å²) in [6, 6.07) is 5.19. The number of aromatic hydroxyl groups is 2. The molecular weight excluding hydrogens is 276 g/mol. The van der Waals surface area contributed by atoms with Crippen LogP contribution in [0, 0.1) is 0 Å². The van der Waals surface area contributed by atoms with Crippen molar-refractivity contribution in [1.82, 2.24) is 0 Å². The van der Waals surface area contributed by atoms with E-state index in [9.17, 15) is 10.2 Å². The van der Waals surface area contributed by atoms with Gasteiger partial charge in [0.1, 0.15) is 0 Å². The van der Waals surface area contributed by atoms with Crippen molar-refractivity contribution in [1.29, 1.82) is 0 Å². The predicted octanol–water partition coefficient (Wildman–Crippen LogP) is 5.19. The second-order valence-electron chi connectivity index (χ2n) is 5.98. The van der Waals surface area contributed by atoms with Crippen LogP contribution >= 0.6 is 0 Å². The van der Waals surface area contributed by atoms with Crippen LogP contribution in [0.4, 0.5) is 0 Å². The first kappa shape index (κ1) is 18.8. The third-order valence-corrected chi connectivity index (χ3v) is 3.98. The zero-order chi connectivity index (χ0) is 16.0. The Hall–Kier alpha value is -1.22. The molecule has 0 aliphatic carbocycles. The van der Waals surface area contributed by atoms with Crippen molar-refractivity contribution >= 4 is 0 Å². The fourth-order valence-corrected chi connectivity index (χ4v) is 2.53. The molecule has 22 heavy (non-hydrogen) atoms. The minimum absolute atomic E-state index is 0.0151. The lowest BCUT2D eigenvalue weighted by Gasteiger charge is -2.06. The number of para-hydroxylation sites is 1. The van der Waals surface area contributed by atoms with Crippen molar-refractivity contribution in [3.05, 3.63) is 23.8 Å². The monoisotopic (exact) mass is 308 g/mol. The molecule has 0 bridgehead atoms. The van der Waals surface area contributed by atoms with Crippen LogP contribution < -0.4 is 0 Å². The maximum absolute atomic E-state index is 9.71. The Morgan fingerprint density at radius 2 is 1.45 bits per heavy atom. The van der Waals surface area contributed by atoms with E-state index in [0.29, 0.717) is 0 Å². The zero-order valence-corrected chi connectivity index (χ0v) is 14.0. The summed E-state index contributed by atoms with van der Waals surface area (Å²) in [7, 11) is 0. The number of hydrogen-bond donors (Lipinski definition) is 2. The molecule has 2 N–H and O–H groups in total. The highest BCUT2D eigenvalue weighted by molar-refractivity contribution is 5.44. The molecule has 1 aromatic carbocycles. The molecule has 1 aromatic rings. The molecule has 0 fully saturated rings. The Balaban J connectivity index is 1.90. The first-order chi connectivity index (χ1) is 10.8. The number of unbranched alkanes of at least 4 members (excludes halogenated alkanes) is 7. The topological polar surface area (TPSA) is 49.7 Å². The zero-order valence-electron chi connectivity index (χ0n) is 14.0. The van der Waals surface area contributed by atoms with Crippen molar-refractivity contribution in [2.24, 2.45) is 0 Å². The van der Waals surface area contributed by atoms with Gasteiger partial charge in [0.15, 0.2) is 11.5 Å². The third-order valence-electron chi connectivity index (χ3n) is 3.98. The number of aryl methyl sites for hydroxylation is 1. The van der Waals surface area contributed by atoms with E-state index >= 15 is 0 Å². The molecule has 1 rings (SSSR count). The molecule has 3 heteroatoms. The molecule has 0 aliphatic rings. The maximum atomic E-state index is 9.71. The third kappa shape index (κ3) is 8.28. The first-order valence-electron chi connectivity index (χ1n) is 8.83. The summed E-state index contributed by atoms with van der Waals surface area (Å²) < 4.78 is 5.54. The van der Waals surface area contributed by atoms with Gasteiger partial charge in [-0.15, -0.1) is 0 Å². The van der Waals surface area contributed by atoms with Crippen LogP contribution in [0.5, 0.6) is 11.5 Å². The summed E-state index contributed by atoms with van der Waals surface area (Å²) in [5, 5.41) is 19.1. The largest absolute Gasteiger partial charge is 0.504 e. The number of hydrogen-bond acceptors (Lipinski definition) is 3. The van der Waals surface area contributed by atoms with E-state index in [2.05, 4.69) is 6.92 Å². The van der Waals surface area contributed by atoms with E-state index in [-0.39, 0.29) is 11.5 Å². The van der Waals surface area contributed by atoms with E-state index in [0.717, 1.165) is 31.6 Å². The molecule has 0 atom stereocenters. The Kier molecular flexibility index (Phi) is 10.6. The van der Waals surface area contributed by atoms with Gasteiger partial charge in [-0.3, -0.25) is 0 Å². The molecule has 0 aliphatic heterocycles. The highest BCUT2D eigenvalue weighted by Crippen LogP contribution is 2.29. The van der Waals surface area contributed by atoms with Gasteiger partial charge in [-0.05, 0) is 37.3 Å². The van der Waals surface area contributed by atoms with E-state index < -0.39 is 0 Å². The van der Waals surface area contributed by atoms with Gasteiger partial charge in [0.25, 0.3) is 0 Å². The van der Waals surface area contributed by atoms with E-state index in [1.165, 1.54) is 57.4 Å². The Morgan fingerprint density at radius 3 is 2.18 bits per heavy atom. The van der Waals surface area contributed by atoms with Gasteiger partial charge in [-0.25, -0.2) is 0 Å². The molecule has 0 heterocycles. The number of phenols is 2. The summed E-state index contributed by atoms with van der Waals surface area (Å²) in [4.78, 5) is 0. The van der Waals surface area contributed by atoms with Crippen molar-refractivity contribution in [2.45, 2.75) is 71.1 Å². The summed E-state index contributed by atoms with van der Waals surface area (Å²) in [6.45, 7) is 4.01. The van der Waals surface area contributed by atoms with Crippen LogP contribution in [0.15, 0.2) is 18.2 Å². The van der Waals surface area contributed by atoms with Crippen molar-refractivity contribution in [3.63, 3.8) is 0 Å². The van der Waals surface area contributed by atoms with Crippen LogP contribution in [0.3, 0.4) is 0 Å². The average Bonchev–Trinajstić information content (AvgIpc) is 2.52. The second-order valence-corrected chi connectivity index (χ2v) is 5.98. The number of ether oxygens (including phenoxy) is 1. The molecule has 0 spiro atoms. The summed E-state index contributed by atoms with van der Waals surface area (Å²) in [5.74, 6) is 0.0317. The van der Waals surface area contributed by atoms with Gasteiger partial charge in [-0.1, -0.05) is 57.6 Å². The maximum Gasteiger partial charge on any atom is 0.160 e. The average molecular weight is 308 g/mol. The van der Waals surface area contributed by atoms with Gasteiger partial charge in [0, 0.05) is 13.2 Å². The van der Waals surface area contributed by atoms with Crippen LogP contribution in [0.1, 0.15) is 70.3 Å². The first-order valence-corrected chi connectivity index (χ1v) is 8.83. The number of benzene rings is 1. The van der Waals surface area contributed by atoms with Crippen molar-refractivity contribution in [3.8, 4) is 11.5 Å². The smallest absolute Gasteiger partial charge is 0.160 e. The van der Waals surface area contributed by atoms with Crippen LogP contribution in [-0.2, 0) is 11.2 Å². The fourth-order valence-electron chi connectivity index (χ4n) is 2.53. The van der Waals surface area contributed by atoms with Crippen LogP contribution in [-0.4, -0.2) is 23.4 Å². The van der Waals surface area contributed by atoms with Crippen molar-refractivity contribution in [2.75, 3.05) is 13.2 Å². The Labute approximate surface area is 135 Å². The van der Waals surface area contributed by atoms with Crippen LogP contribution in [0.2, 0.25) is 0 Å². The molecule has 0 saturated carbocycles. The van der Waals surface area contributed by atoms with E-state index in [1.54, 1.807) is 6.07 Å². The fraction of sp³-hybridized carbons (Fsp3) is 0.684. The SMILES string of the molecule is CCCCOCCCCCCCCCc1cccc(O)c1O. The highest BCUT2D eigenvalue weighted by atomic mass is 16.5. The highest BCUT2D eigenvalue weighted by Gasteiger charge is 2.04. The standard InChI is InChI=1S/C19H32O3/c1-2-3-15-22-16-10-8-6-4-5-7-9-12-17-13-11-14-18(20)19(17)21/h11,13-14,20-21H,2-10,12,15-16H2,1H3. The van der Waals surface area contributed by atoms with Gasteiger partial charge < -0.3 is 14.9 Å². The quantitative estimate of drug-likeness (QED) is 0.389. The predicted molar refractivity (Wildman–Crippen MR) is 91.5 cm³/mol. The second kappa shape index (κ2) is 12.3. The Bertz CT molecular complexity index is 390. The molecule has 0 saturated heterocycles. The van der Waals surface area contributed by atoms with E-state index in [1.807, 2.05) is 6.07 Å². The molecule has 0 unspecified atom stereocenters. The van der Waals surface area contributed by atoms with Gasteiger partial charge >= 0.3 is 0 Å². The number of phenolic OH excluding ortho intramolecular Hbond substituents is 2. The molecular formula is C19H32O3. The lowest BCUT2D eigenvalue weighted by atomic mass is 10.0. The van der Waals surface area contributed by atoms with Gasteiger partial charge in [-0.2, -0.15) is 0 Å². The van der Waals surface area contributed by atoms with Crippen LogP contribution in [0.25, 0.3) is 0 Å². The lowest BCUT2D eigenvalue weighted by molar-refractivity contribution is 0.127. The normalized spacial score (nSPS) is 11.0. The summed E-state index contributed by atoms with van der Waals surface area (Å²) in [6.07, 6.45) is 11.7. The van der Waals surface area contributed by atoms with Crippen molar-refractivity contribution < 1.29 is 14.9 Å². The summed E-state index contributed by atoms with van der Waals surface area (Å²) in [5.41, 5.74) is 0.851. The Morgan fingerprint density at radius 1 is 0.818 bits per heavy atom. The molecule has 126 valence electrons. The molecule has 3 nitrogen and oxygen atoms in total. The summed E-state index contributed by atoms with van der Waals surface area (Å²) >= 11 is 0. The number of rotatable bonds is 13. The van der Waals surface area contributed by atoms with E-state index in [4.69, 9.17) is 4.74 Å².